The molecule has 7 nitrogen and oxygen atoms in total. The number of non-ortho nitro benzene ring substituents is 1. The molecule has 0 aliphatic heterocycles. The van der Waals surface area contributed by atoms with Crippen molar-refractivity contribution in [2.45, 2.75) is 6.54 Å². The molecule has 2 rings (SSSR count). The van der Waals surface area contributed by atoms with E-state index in [1.165, 1.54) is 12.1 Å². The minimum atomic E-state index is -0.449. The molecule has 0 radical (unpaired) electrons. The Balaban J connectivity index is 1.91. The Morgan fingerprint density at radius 3 is 2.50 bits per heavy atom. The zero-order valence-corrected chi connectivity index (χ0v) is 13.6. The summed E-state index contributed by atoms with van der Waals surface area (Å²) < 4.78 is 5.22. The number of carbonyl (C=O) groups is 1. The van der Waals surface area contributed by atoms with Crippen LogP contribution in [-0.2, 0) is 11.3 Å². The zero-order valence-electron chi connectivity index (χ0n) is 13.6. The van der Waals surface area contributed by atoms with Gasteiger partial charge >= 0.3 is 0 Å². The fourth-order valence-corrected chi connectivity index (χ4v) is 2.18. The lowest BCUT2D eigenvalue weighted by molar-refractivity contribution is -0.384. The zero-order chi connectivity index (χ0) is 17.5. The normalized spacial score (nSPS) is 10.1. The van der Waals surface area contributed by atoms with Crippen LogP contribution in [0.2, 0.25) is 0 Å². The van der Waals surface area contributed by atoms with Crippen molar-refractivity contribution in [3.05, 3.63) is 64.2 Å². The molecule has 0 aliphatic rings. The lowest BCUT2D eigenvalue weighted by Gasteiger charge is -2.18. The second kappa shape index (κ2) is 7.96. The number of benzene rings is 2. The van der Waals surface area contributed by atoms with Crippen molar-refractivity contribution in [2.75, 3.05) is 26.0 Å². The van der Waals surface area contributed by atoms with Crippen molar-refractivity contribution in [1.82, 2.24) is 4.90 Å². The van der Waals surface area contributed by atoms with Crippen molar-refractivity contribution in [1.29, 1.82) is 0 Å². The first-order valence-corrected chi connectivity index (χ1v) is 7.35. The van der Waals surface area contributed by atoms with Crippen molar-refractivity contribution >= 4 is 17.3 Å². The molecule has 2 aromatic rings. The van der Waals surface area contributed by atoms with Crippen molar-refractivity contribution < 1.29 is 14.5 Å². The number of rotatable bonds is 7. The Hall–Kier alpha value is -3.09. The van der Waals surface area contributed by atoms with Gasteiger partial charge in [-0.1, -0.05) is 24.3 Å². The highest BCUT2D eigenvalue weighted by atomic mass is 16.6. The number of nitro benzene ring substituents is 1. The van der Waals surface area contributed by atoms with E-state index in [9.17, 15) is 14.9 Å². The van der Waals surface area contributed by atoms with Gasteiger partial charge in [0.25, 0.3) is 5.69 Å². The molecule has 0 saturated carbocycles. The Bertz CT molecular complexity index is 716. The van der Waals surface area contributed by atoms with Crippen molar-refractivity contribution in [2.24, 2.45) is 0 Å². The number of likely N-dealkylation sites (N-methyl/N-ethyl adjacent to an activating group) is 1. The number of methoxy groups -OCH3 is 1. The fourth-order valence-electron chi connectivity index (χ4n) is 2.18. The number of nitrogens with zero attached hydrogens (tertiary/aromatic N) is 2. The van der Waals surface area contributed by atoms with E-state index in [-0.39, 0.29) is 18.1 Å². The van der Waals surface area contributed by atoms with Gasteiger partial charge in [0.05, 0.1) is 24.3 Å². The SMILES string of the molecule is COc1ccccc1NCC(=O)N(C)Cc1ccc([N+](=O)[O-])cc1. The van der Waals surface area contributed by atoms with Crippen LogP contribution in [0.4, 0.5) is 11.4 Å². The molecule has 0 heterocycles. The molecule has 0 atom stereocenters. The van der Waals surface area contributed by atoms with Crippen LogP contribution in [-0.4, -0.2) is 36.4 Å². The van der Waals surface area contributed by atoms with Gasteiger partial charge in [0, 0.05) is 25.7 Å². The third-order valence-corrected chi connectivity index (χ3v) is 3.53. The Morgan fingerprint density at radius 1 is 1.21 bits per heavy atom. The average molecular weight is 329 g/mol. The Kier molecular flexibility index (Phi) is 5.73. The Morgan fingerprint density at radius 2 is 1.88 bits per heavy atom. The molecule has 0 fully saturated rings. The third kappa shape index (κ3) is 4.45. The lowest BCUT2D eigenvalue weighted by atomic mass is 10.2. The predicted molar refractivity (Wildman–Crippen MR) is 91.1 cm³/mol. The van der Waals surface area contributed by atoms with Crippen molar-refractivity contribution in [3.63, 3.8) is 0 Å². The summed E-state index contributed by atoms with van der Waals surface area (Å²) in [6.45, 7) is 0.508. The maximum Gasteiger partial charge on any atom is 0.269 e. The Labute approximate surface area is 140 Å². The number of ether oxygens (including phenoxy) is 1. The fraction of sp³-hybridized carbons (Fsp3) is 0.235. The van der Waals surface area contributed by atoms with Crippen LogP contribution in [0.1, 0.15) is 5.56 Å². The van der Waals surface area contributed by atoms with E-state index in [2.05, 4.69) is 5.32 Å². The van der Waals surface area contributed by atoms with E-state index in [1.807, 2.05) is 24.3 Å². The standard InChI is InChI=1S/C17H19N3O4/c1-19(12-13-7-9-14(10-8-13)20(22)23)17(21)11-18-15-5-3-4-6-16(15)24-2/h3-10,18H,11-12H2,1-2H3. The lowest BCUT2D eigenvalue weighted by Crippen LogP contribution is -2.31. The average Bonchev–Trinajstić information content (AvgIpc) is 2.60. The summed E-state index contributed by atoms with van der Waals surface area (Å²) in [5.41, 5.74) is 1.61. The quantitative estimate of drug-likeness (QED) is 0.623. The molecule has 0 bridgehead atoms. The molecule has 2 aromatic carbocycles. The first kappa shape index (κ1) is 17.3. The van der Waals surface area contributed by atoms with E-state index in [1.54, 1.807) is 31.2 Å². The second-order valence-electron chi connectivity index (χ2n) is 5.23. The van der Waals surface area contributed by atoms with Gasteiger partial charge < -0.3 is 15.0 Å². The predicted octanol–water partition coefficient (Wildman–Crippen LogP) is 2.67. The summed E-state index contributed by atoms with van der Waals surface area (Å²) in [7, 11) is 3.26. The molecule has 126 valence electrons. The molecule has 1 N–H and O–H groups in total. The molecule has 0 saturated heterocycles. The maximum atomic E-state index is 12.2. The molecule has 1 amide bonds. The summed E-state index contributed by atoms with van der Waals surface area (Å²) in [4.78, 5) is 24.0. The first-order valence-electron chi connectivity index (χ1n) is 7.35. The number of amides is 1. The number of nitrogens with one attached hydrogen (secondary N) is 1. The molecule has 0 aromatic heterocycles. The number of anilines is 1. The molecule has 0 unspecified atom stereocenters. The molecular formula is C17H19N3O4. The summed E-state index contributed by atoms with van der Waals surface area (Å²) in [5, 5.41) is 13.7. The molecule has 24 heavy (non-hydrogen) atoms. The summed E-state index contributed by atoms with van der Waals surface area (Å²) in [5.74, 6) is 0.572. The van der Waals surface area contributed by atoms with Crippen LogP contribution in [0.15, 0.2) is 48.5 Å². The van der Waals surface area contributed by atoms with Gasteiger partial charge in [-0.15, -0.1) is 0 Å². The topological polar surface area (TPSA) is 84.7 Å². The van der Waals surface area contributed by atoms with Crippen LogP contribution in [0, 0.1) is 10.1 Å². The second-order valence-corrected chi connectivity index (χ2v) is 5.23. The van der Waals surface area contributed by atoms with E-state index in [0.29, 0.717) is 12.3 Å². The molecule has 0 spiro atoms. The van der Waals surface area contributed by atoms with E-state index in [4.69, 9.17) is 4.74 Å². The van der Waals surface area contributed by atoms with Crippen LogP contribution in [0.3, 0.4) is 0 Å². The van der Waals surface area contributed by atoms with Gasteiger partial charge in [0.2, 0.25) is 5.91 Å². The largest absolute Gasteiger partial charge is 0.495 e. The minimum Gasteiger partial charge on any atom is -0.495 e. The number of hydrogen-bond acceptors (Lipinski definition) is 5. The first-order chi connectivity index (χ1) is 11.5. The minimum absolute atomic E-state index is 0.0329. The maximum absolute atomic E-state index is 12.2. The number of carbonyl (C=O) groups excluding carboxylic acids is 1. The van der Waals surface area contributed by atoms with Gasteiger partial charge in [-0.2, -0.15) is 0 Å². The highest BCUT2D eigenvalue weighted by Crippen LogP contribution is 2.22. The van der Waals surface area contributed by atoms with Crippen LogP contribution >= 0.6 is 0 Å². The molecular weight excluding hydrogens is 310 g/mol. The highest BCUT2D eigenvalue weighted by molar-refractivity contribution is 5.81. The van der Waals surface area contributed by atoms with Gasteiger partial charge in [0.1, 0.15) is 5.75 Å². The summed E-state index contributed by atoms with van der Waals surface area (Å²) in [6, 6.07) is 13.5. The molecule has 0 aliphatic carbocycles. The number of hydrogen-bond donors (Lipinski definition) is 1. The number of nitro groups is 1. The number of para-hydroxylation sites is 2. The van der Waals surface area contributed by atoms with Crippen LogP contribution < -0.4 is 10.1 Å². The molecule has 7 heteroatoms. The summed E-state index contributed by atoms with van der Waals surface area (Å²) in [6.07, 6.45) is 0. The van der Waals surface area contributed by atoms with E-state index < -0.39 is 4.92 Å². The monoisotopic (exact) mass is 329 g/mol. The van der Waals surface area contributed by atoms with Gasteiger partial charge in [-0.3, -0.25) is 14.9 Å². The van der Waals surface area contributed by atoms with Crippen molar-refractivity contribution in [3.8, 4) is 5.75 Å². The van der Waals surface area contributed by atoms with E-state index >= 15 is 0 Å². The van der Waals surface area contributed by atoms with Crippen LogP contribution in [0.25, 0.3) is 0 Å². The van der Waals surface area contributed by atoms with Crippen LogP contribution in [0.5, 0.6) is 5.75 Å². The third-order valence-electron chi connectivity index (χ3n) is 3.53. The van der Waals surface area contributed by atoms with Gasteiger partial charge in [-0.25, -0.2) is 0 Å². The highest BCUT2D eigenvalue weighted by Gasteiger charge is 2.11. The van der Waals surface area contributed by atoms with Gasteiger partial charge in [-0.05, 0) is 17.7 Å². The summed E-state index contributed by atoms with van der Waals surface area (Å²) >= 11 is 0. The van der Waals surface area contributed by atoms with E-state index in [0.717, 1.165) is 11.3 Å². The smallest absolute Gasteiger partial charge is 0.269 e. The van der Waals surface area contributed by atoms with Gasteiger partial charge in [0.15, 0.2) is 0 Å².